The number of aromatic nitrogens is 2. The molecular formula is C23H36N6O2S. The second-order valence-corrected chi connectivity index (χ2v) is 9.57. The van der Waals surface area contributed by atoms with Crippen LogP contribution in [-0.2, 0) is 5.75 Å². The highest BCUT2D eigenvalue weighted by Gasteiger charge is 2.19. The molecule has 176 valence electrons. The van der Waals surface area contributed by atoms with Crippen LogP contribution < -0.4 is 10.2 Å². The first-order valence-electron chi connectivity index (χ1n) is 11.4. The molecule has 1 aliphatic rings. The topological polar surface area (TPSA) is 77.7 Å². The summed E-state index contributed by atoms with van der Waals surface area (Å²) in [6.07, 6.45) is 0. The maximum absolute atomic E-state index is 12.2. The summed E-state index contributed by atoms with van der Waals surface area (Å²) in [7, 11) is 3.95. The van der Waals surface area contributed by atoms with Gasteiger partial charge in [0.1, 0.15) is 11.6 Å². The molecule has 0 atom stereocenters. The molecule has 3 heterocycles. The van der Waals surface area contributed by atoms with Crippen molar-refractivity contribution in [3.8, 4) is 0 Å². The summed E-state index contributed by atoms with van der Waals surface area (Å²) in [6.45, 7) is 13.1. The first-order valence-corrected chi connectivity index (χ1v) is 12.3. The minimum Gasteiger partial charge on any atom is -0.455 e. The second kappa shape index (κ2) is 11.7. The Labute approximate surface area is 195 Å². The fourth-order valence-electron chi connectivity index (χ4n) is 3.44. The molecule has 2 aromatic rings. The van der Waals surface area contributed by atoms with Crippen molar-refractivity contribution in [2.45, 2.75) is 37.6 Å². The SMILES string of the molecule is CCN1CCN(c2cc(C(C)C)nc(SCc3ccc(C(=O)NCCN(C)C)o3)n2)CC1. The Morgan fingerprint density at radius 2 is 1.97 bits per heavy atom. The van der Waals surface area contributed by atoms with Crippen LogP contribution in [0.15, 0.2) is 27.8 Å². The molecule has 1 saturated heterocycles. The normalized spacial score (nSPS) is 15.0. The molecule has 0 aliphatic carbocycles. The van der Waals surface area contributed by atoms with Crippen molar-refractivity contribution in [3.63, 3.8) is 0 Å². The molecule has 1 fully saturated rings. The standard InChI is InChI=1S/C23H36N6O2S/c1-6-28-11-13-29(14-12-28)21-15-19(17(2)3)25-23(26-21)32-16-18-7-8-20(31-18)22(30)24-9-10-27(4)5/h7-8,15,17H,6,9-14,16H2,1-5H3,(H,24,30). The highest BCUT2D eigenvalue weighted by Crippen LogP contribution is 2.26. The molecule has 0 bridgehead atoms. The van der Waals surface area contributed by atoms with Gasteiger partial charge in [0.15, 0.2) is 10.9 Å². The zero-order valence-electron chi connectivity index (χ0n) is 19.9. The molecule has 9 heteroatoms. The van der Waals surface area contributed by atoms with E-state index in [2.05, 4.69) is 42.0 Å². The van der Waals surface area contributed by atoms with Crippen molar-refractivity contribution in [1.29, 1.82) is 0 Å². The van der Waals surface area contributed by atoms with Gasteiger partial charge in [-0.2, -0.15) is 0 Å². The van der Waals surface area contributed by atoms with Gasteiger partial charge in [0.05, 0.1) is 5.75 Å². The third kappa shape index (κ3) is 6.95. The zero-order chi connectivity index (χ0) is 23.1. The highest BCUT2D eigenvalue weighted by molar-refractivity contribution is 7.98. The molecule has 0 saturated carbocycles. The number of anilines is 1. The van der Waals surface area contributed by atoms with Crippen LogP contribution in [0, 0.1) is 0 Å². The van der Waals surface area contributed by atoms with E-state index in [1.54, 1.807) is 17.8 Å². The fraction of sp³-hybridized carbons (Fsp3) is 0.609. The Kier molecular flexibility index (Phi) is 8.95. The first kappa shape index (κ1) is 24.5. The van der Waals surface area contributed by atoms with E-state index in [-0.39, 0.29) is 5.91 Å². The molecule has 3 rings (SSSR count). The van der Waals surface area contributed by atoms with E-state index < -0.39 is 0 Å². The van der Waals surface area contributed by atoms with Crippen LogP contribution in [-0.4, -0.2) is 85.6 Å². The molecule has 1 N–H and O–H groups in total. The Balaban J connectivity index is 1.63. The minimum absolute atomic E-state index is 0.185. The van der Waals surface area contributed by atoms with Crippen molar-refractivity contribution in [2.24, 2.45) is 0 Å². The maximum atomic E-state index is 12.2. The van der Waals surface area contributed by atoms with Gasteiger partial charge < -0.3 is 24.4 Å². The van der Waals surface area contributed by atoms with Gasteiger partial charge in [0, 0.05) is 51.0 Å². The van der Waals surface area contributed by atoms with Crippen molar-refractivity contribution >= 4 is 23.5 Å². The third-order valence-corrected chi connectivity index (χ3v) is 6.39. The number of nitrogens with zero attached hydrogens (tertiary/aromatic N) is 5. The number of furan rings is 1. The first-order chi connectivity index (χ1) is 15.4. The molecule has 0 spiro atoms. The van der Waals surface area contributed by atoms with E-state index in [1.807, 2.05) is 25.1 Å². The minimum atomic E-state index is -0.185. The molecule has 0 unspecified atom stereocenters. The van der Waals surface area contributed by atoms with Crippen molar-refractivity contribution in [2.75, 3.05) is 64.8 Å². The summed E-state index contributed by atoms with van der Waals surface area (Å²) in [5.41, 5.74) is 1.05. The van der Waals surface area contributed by atoms with Crippen LogP contribution in [0.4, 0.5) is 5.82 Å². The van der Waals surface area contributed by atoms with Gasteiger partial charge in [0.25, 0.3) is 5.91 Å². The van der Waals surface area contributed by atoms with Crippen LogP contribution in [0.25, 0.3) is 0 Å². The zero-order valence-corrected chi connectivity index (χ0v) is 20.7. The number of rotatable bonds is 10. The number of hydrogen-bond acceptors (Lipinski definition) is 8. The molecule has 32 heavy (non-hydrogen) atoms. The number of hydrogen-bond donors (Lipinski definition) is 1. The summed E-state index contributed by atoms with van der Waals surface area (Å²) in [6, 6.07) is 5.70. The largest absolute Gasteiger partial charge is 0.455 e. The maximum Gasteiger partial charge on any atom is 0.287 e. The molecular weight excluding hydrogens is 424 g/mol. The van der Waals surface area contributed by atoms with Crippen LogP contribution in [0.5, 0.6) is 0 Å². The van der Waals surface area contributed by atoms with Crippen molar-refractivity contribution in [1.82, 2.24) is 25.1 Å². The predicted octanol–water partition coefficient (Wildman–Crippen LogP) is 2.92. The van der Waals surface area contributed by atoms with E-state index in [1.165, 1.54) is 0 Å². The Hall–Kier alpha value is -2.10. The van der Waals surface area contributed by atoms with Gasteiger partial charge in [0.2, 0.25) is 0 Å². The highest BCUT2D eigenvalue weighted by atomic mass is 32.2. The van der Waals surface area contributed by atoms with Gasteiger partial charge >= 0.3 is 0 Å². The van der Waals surface area contributed by atoms with Crippen LogP contribution in [0.1, 0.15) is 48.7 Å². The Bertz CT molecular complexity index is 877. The summed E-state index contributed by atoms with van der Waals surface area (Å²) in [5, 5.41) is 3.62. The fourth-order valence-corrected chi connectivity index (χ4v) is 4.19. The summed E-state index contributed by atoms with van der Waals surface area (Å²) < 4.78 is 5.76. The number of thioether (sulfide) groups is 1. The van der Waals surface area contributed by atoms with Crippen LogP contribution in [0.2, 0.25) is 0 Å². The number of carbonyl (C=O) groups is 1. The van der Waals surface area contributed by atoms with Crippen LogP contribution >= 0.6 is 11.8 Å². The smallest absolute Gasteiger partial charge is 0.287 e. The third-order valence-electron chi connectivity index (χ3n) is 5.52. The lowest BCUT2D eigenvalue weighted by atomic mass is 10.1. The monoisotopic (exact) mass is 460 g/mol. The van der Waals surface area contributed by atoms with E-state index >= 15 is 0 Å². The molecule has 0 aromatic carbocycles. The van der Waals surface area contributed by atoms with Gasteiger partial charge in [-0.1, -0.05) is 32.5 Å². The summed E-state index contributed by atoms with van der Waals surface area (Å²) >= 11 is 1.54. The van der Waals surface area contributed by atoms with Crippen LogP contribution in [0.3, 0.4) is 0 Å². The molecule has 2 aromatic heterocycles. The molecule has 8 nitrogen and oxygen atoms in total. The summed E-state index contributed by atoms with van der Waals surface area (Å²) in [5.74, 6) is 2.80. The van der Waals surface area contributed by atoms with Crippen molar-refractivity contribution in [3.05, 3.63) is 35.4 Å². The molecule has 1 amide bonds. The molecule has 0 radical (unpaired) electrons. The average Bonchev–Trinajstić information content (AvgIpc) is 3.26. The van der Waals surface area contributed by atoms with Crippen molar-refractivity contribution < 1.29 is 9.21 Å². The van der Waals surface area contributed by atoms with Gasteiger partial charge in [-0.05, 0) is 38.7 Å². The van der Waals surface area contributed by atoms with E-state index in [9.17, 15) is 4.79 Å². The van der Waals surface area contributed by atoms with Gasteiger partial charge in [-0.25, -0.2) is 9.97 Å². The lowest BCUT2D eigenvalue weighted by molar-refractivity contribution is 0.0922. The second-order valence-electron chi connectivity index (χ2n) is 8.62. The number of likely N-dealkylation sites (N-methyl/N-ethyl adjacent to an activating group) is 2. The number of piperazine rings is 1. The number of amides is 1. The Morgan fingerprint density at radius 3 is 2.62 bits per heavy atom. The summed E-state index contributed by atoms with van der Waals surface area (Å²) in [4.78, 5) is 28.7. The van der Waals surface area contributed by atoms with E-state index in [4.69, 9.17) is 14.4 Å². The molecule has 1 aliphatic heterocycles. The quantitative estimate of drug-likeness (QED) is 0.428. The predicted molar refractivity (Wildman–Crippen MR) is 130 cm³/mol. The lowest BCUT2D eigenvalue weighted by Gasteiger charge is -2.35. The van der Waals surface area contributed by atoms with Gasteiger partial charge in [-0.3, -0.25) is 4.79 Å². The average molecular weight is 461 g/mol. The Morgan fingerprint density at radius 1 is 1.22 bits per heavy atom. The van der Waals surface area contributed by atoms with Gasteiger partial charge in [-0.15, -0.1) is 0 Å². The number of nitrogens with one attached hydrogen (secondary N) is 1. The lowest BCUT2D eigenvalue weighted by Crippen LogP contribution is -2.46. The van der Waals surface area contributed by atoms with E-state index in [0.717, 1.165) is 61.7 Å². The number of carbonyl (C=O) groups excluding carboxylic acids is 1. The van der Waals surface area contributed by atoms with E-state index in [0.29, 0.717) is 24.0 Å².